The quantitative estimate of drug-likeness (QED) is 0.392. The van der Waals surface area contributed by atoms with Crippen molar-refractivity contribution in [1.29, 1.82) is 0 Å². The fraction of sp³-hybridized carbons (Fsp3) is 0.211. The molecule has 136 valence electrons. The van der Waals surface area contributed by atoms with Gasteiger partial charge in [0, 0.05) is 27.0 Å². The molecule has 0 amide bonds. The van der Waals surface area contributed by atoms with Crippen LogP contribution in [0.25, 0.3) is 11.3 Å². The van der Waals surface area contributed by atoms with Crippen molar-refractivity contribution in [3.8, 4) is 11.3 Å². The zero-order valence-electron chi connectivity index (χ0n) is 14.2. The van der Waals surface area contributed by atoms with Crippen LogP contribution in [0.1, 0.15) is 18.2 Å². The number of hydrogen-bond acceptors (Lipinski definition) is 3. The van der Waals surface area contributed by atoms with Gasteiger partial charge in [-0.25, -0.2) is 4.98 Å². The Hall–Kier alpha value is -0.970. The molecule has 0 saturated heterocycles. The van der Waals surface area contributed by atoms with E-state index in [4.69, 9.17) is 51.4 Å². The first-order valence-corrected chi connectivity index (χ1v) is 10.4. The maximum Gasteiger partial charge on any atom is 0.190 e. The van der Waals surface area contributed by atoms with Crippen molar-refractivity contribution in [1.82, 2.24) is 4.98 Å². The summed E-state index contributed by atoms with van der Waals surface area (Å²) < 4.78 is 0. The van der Waals surface area contributed by atoms with E-state index in [0.717, 1.165) is 39.9 Å². The van der Waals surface area contributed by atoms with E-state index in [1.54, 1.807) is 23.5 Å². The van der Waals surface area contributed by atoms with Crippen LogP contribution in [0, 0.1) is 6.92 Å². The van der Waals surface area contributed by atoms with Crippen molar-refractivity contribution < 1.29 is 0 Å². The number of nitrogens with zero attached hydrogens (tertiary/aromatic N) is 2. The third-order valence-corrected chi connectivity index (χ3v) is 5.93. The Morgan fingerprint density at radius 3 is 2.23 bits per heavy atom. The number of halogens is 4. The normalized spacial score (nSPS) is 11.0. The van der Waals surface area contributed by atoms with Gasteiger partial charge in [-0.1, -0.05) is 53.3 Å². The van der Waals surface area contributed by atoms with E-state index in [-0.39, 0.29) is 0 Å². The van der Waals surface area contributed by atoms with Crippen LogP contribution in [0.3, 0.4) is 0 Å². The van der Waals surface area contributed by atoms with Crippen LogP contribution >= 0.6 is 57.7 Å². The van der Waals surface area contributed by atoms with E-state index < -0.39 is 0 Å². The Bertz CT molecular complexity index is 939. The van der Waals surface area contributed by atoms with Gasteiger partial charge in [-0.3, -0.25) is 0 Å². The molecule has 0 aliphatic carbocycles. The minimum absolute atomic E-state index is 0.587. The van der Waals surface area contributed by atoms with Gasteiger partial charge < -0.3 is 4.90 Å². The molecular weight excluding hydrogens is 430 g/mol. The standard InChI is InChI=1S/C19H16Cl4N2S/c1-3-8-25(17-7-5-13(21)10-16(17)23)19-24-18(11(2)26-19)14-6-4-12(20)9-15(14)22/h4-7,9-10H,3,8H2,1-2H3. The van der Waals surface area contributed by atoms with Crippen LogP contribution in [0.4, 0.5) is 10.8 Å². The monoisotopic (exact) mass is 444 g/mol. The Labute approximate surface area is 177 Å². The summed E-state index contributed by atoms with van der Waals surface area (Å²) in [5.41, 5.74) is 2.62. The average molecular weight is 446 g/mol. The Balaban J connectivity index is 2.06. The number of aryl methyl sites for hydroxylation is 1. The molecule has 3 aromatic rings. The highest BCUT2D eigenvalue weighted by Crippen LogP contribution is 2.41. The predicted molar refractivity (Wildman–Crippen MR) is 116 cm³/mol. The highest BCUT2D eigenvalue weighted by molar-refractivity contribution is 7.16. The molecule has 7 heteroatoms. The predicted octanol–water partition coefficient (Wildman–Crippen LogP) is 8.28. The van der Waals surface area contributed by atoms with Gasteiger partial charge in [0.25, 0.3) is 0 Å². The van der Waals surface area contributed by atoms with Gasteiger partial charge in [0.15, 0.2) is 5.13 Å². The second-order valence-corrected chi connectivity index (χ2v) is 8.64. The van der Waals surface area contributed by atoms with Gasteiger partial charge in [-0.2, -0.15) is 0 Å². The van der Waals surface area contributed by atoms with Gasteiger partial charge in [-0.15, -0.1) is 11.3 Å². The molecule has 1 aromatic heterocycles. The van der Waals surface area contributed by atoms with Gasteiger partial charge in [0.05, 0.1) is 21.4 Å². The van der Waals surface area contributed by atoms with Crippen molar-refractivity contribution in [3.05, 3.63) is 61.4 Å². The molecule has 0 aliphatic heterocycles. The van der Waals surface area contributed by atoms with Crippen LogP contribution in [0.5, 0.6) is 0 Å². The molecule has 0 spiro atoms. The highest BCUT2D eigenvalue weighted by Gasteiger charge is 2.20. The summed E-state index contributed by atoms with van der Waals surface area (Å²) in [6.45, 7) is 4.95. The van der Waals surface area contributed by atoms with Gasteiger partial charge in [0.1, 0.15) is 0 Å². The fourth-order valence-electron chi connectivity index (χ4n) is 2.67. The zero-order valence-corrected chi connectivity index (χ0v) is 18.0. The molecule has 0 unspecified atom stereocenters. The van der Waals surface area contributed by atoms with Crippen LogP contribution in [-0.2, 0) is 0 Å². The second kappa shape index (κ2) is 8.37. The molecule has 2 aromatic carbocycles. The van der Waals surface area contributed by atoms with Crippen molar-refractivity contribution in [3.63, 3.8) is 0 Å². The van der Waals surface area contributed by atoms with Crippen LogP contribution in [0.15, 0.2) is 36.4 Å². The number of hydrogen-bond donors (Lipinski definition) is 0. The summed E-state index contributed by atoms with van der Waals surface area (Å²) in [7, 11) is 0. The molecular formula is C19H16Cl4N2S. The summed E-state index contributed by atoms with van der Waals surface area (Å²) in [6.07, 6.45) is 0.953. The molecule has 1 heterocycles. The summed E-state index contributed by atoms with van der Waals surface area (Å²) >= 11 is 26.5. The Kier molecular flexibility index (Phi) is 6.37. The molecule has 0 atom stereocenters. The Morgan fingerprint density at radius 1 is 0.962 bits per heavy atom. The maximum atomic E-state index is 6.43. The number of benzene rings is 2. The van der Waals surface area contributed by atoms with Crippen molar-refractivity contribution in [2.45, 2.75) is 20.3 Å². The SMILES string of the molecule is CCCN(c1nc(-c2ccc(Cl)cc2Cl)c(C)s1)c1ccc(Cl)cc1Cl. The number of thiazole rings is 1. The maximum absolute atomic E-state index is 6.43. The first-order chi connectivity index (χ1) is 12.4. The van der Waals surface area contributed by atoms with Crippen LogP contribution in [0.2, 0.25) is 20.1 Å². The van der Waals surface area contributed by atoms with Gasteiger partial charge >= 0.3 is 0 Å². The number of rotatable bonds is 5. The lowest BCUT2D eigenvalue weighted by Crippen LogP contribution is -2.18. The lowest BCUT2D eigenvalue weighted by molar-refractivity contribution is 0.881. The van der Waals surface area contributed by atoms with E-state index in [9.17, 15) is 0 Å². The first-order valence-electron chi connectivity index (χ1n) is 8.06. The highest BCUT2D eigenvalue weighted by atomic mass is 35.5. The summed E-state index contributed by atoms with van der Waals surface area (Å²) in [5.74, 6) is 0. The van der Waals surface area contributed by atoms with E-state index >= 15 is 0 Å². The second-order valence-electron chi connectivity index (χ2n) is 5.77. The fourth-order valence-corrected chi connectivity index (χ4v) is 4.64. The van der Waals surface area contributed by atoms with Crippen molar-refractivity contribution >= 4 is 68.6 Å². The Morgan fingerprint density at radius 2 is 1.62 bits per heavy atom. The molecule has 3 rings (SSSR count). The number of aromatic nitrogens is 1. The molecule has 0 bridgehead atoms. The smallest absolute Gasteiger partial charge is 0.190 e. The molecule has 2 nitrogen and oxygen atoms in total. The molecule has 0 fully saturated rings. The lowest BCUT2D eigenvalue weighted by atomic mass is 10.1. The molecule has 0 aliphatic rings. The third kappa shape index (κ3) is 4.13. The van der Waals surface area contributed by atoms with Crippen LogP contribution < -0.4 is 4.90 Å². The topological polar surface area (TPSA) is 16.1 Å². The molecule has 0 radical (unpaired) electrons. The van der Waals surface area contributed by atoms with Crippen molar-refractivity contribution in [2.75, 3.05) is 11.4 Å². The largest absolute Gasteiger partial charge is 0.316 e. The van der Waals surface area contributed by atoms with Crippen LogP contribution in [-0.4, -0.2) is 11.5 Å². The van der Waals surface area contributed by atoms with Gasteiger partial charge in [-0.05, 0) is 49.7 Å². The lowest BCUT2D eigenvalue weighted by Gasteiger charge is -2.22. The van der Waals surface area contributed by atoms with E-state index in [1.807, 2.05) is 31.2 Å². The van der Waals surface area contributed by atoms with E-state index in [0.29, 0.717) is 20.1 Å². The third-order valence-electron chi connectivity index (χ3n) is 3.85. The summed E-state index contributed by atoms with van der Waals surface area (Å²) in [4.78, 5) is 8.05. The summed E-state index contributed by atoms with van der Waals surface area (Å²) in [5, 5.41) is 3.27. The van der Waals surface area contributed by atoms with Gasteiger partial charge in [0.2, 0.25) is 0 Å². The van der Waals surface area contributed by atoms with Crippen molar-refractivity contribution in [2.24, 2.45) is 0 Å². The van der Waals surface area contributed by atoms with E-state index in [2.05, 4.69) is 11.8 Å². The summed E-state index contributed by atoms with van der Waals surface area (Å²) in [6, 6.07) is 11.0. The average Bonchev–Trinajstić information content (AvgIpc) is 2.95. The zero-order chi connectivity index (χ0) is 18.8. The first kappa shape index (κ1) is 19.8. The molecule has 0 N–H and O–H groups in total. The van der Waals surface area contributed by atoms with E-state index in [1.165, 1.54) is 0 Å². The molecule has 0 saturated carbocycles. The minimum atomic E-state index is 0.587. The number of anilines is 2. The molecule has 26 heavy (non-hydrogen) atoms. The minimum Gasteiger partial charge on any atom is -0.316 e.